The molecule has 0 aliphatic carbocycles. The normalized spacial score (nSPS) is 11.9. The van der Waals surface area contributed by atoms with Crippen molar-refractivity contribution in [3.05, 3.63) is 24.2 Å². The van der Waals surface area contributed by atoms with Gasteiger partial charge in [-0.2, -0.15) is 0 Å². The summed E-state index contributed by atoms with van der Waals surface area (Å²) in [7, 11) is 0. The summed E-state index contributed by atoms with van der Waals surface area (Å²) in [5.41, 5.74) is 0.421. The summed E-state index contributed by atoms with van der Waals surface area (Å²) >= 11 is 0. The number of likely N-dealkylation sites (N-methyl/N-ethyl adjacent to an activating group) is 1. The number of hydrogen-bond acceptors (Lipinski definition) is 3. The first kappa shape index (κ1) is 13.3. The minimum absolute atomic E-state index is 0.0770. The third kappa shape index (κ3) is 3.34. The van der Waals surface area contributed by atoms with E-state index in [1.807, 2.05) is 13.8 Å². The lowest BCUT2D eigenvalue weighted by Crippen LogP contribution is -2.46. The van der Waals surface area contributed by atoms with E-state index in [0.717, 1.165) is 0 Å². The van der Waals surface area contributed by atoms with Gasteiger partial charge in [0.1, 0.15) is 12.3 Å². The van der Waals surface area contributed by atoms with E-state index in [1.165, 1.54) is 12.5 Å². The molecule has 0 saturated heterocycles. The number of nitrogens with one attached hydrogen (secondary N) is 1. The number of rotatable bonds is 5. The second kappa shape index (κ2) is 6.08. The van der Waals surface area contributed by atoms with Crippen LogP contribution in [0.4, 0.5) is 0 Å². The fraction of sp³-hybridized carbons (Fsp3) is 0.500. The van der Waals surface area contributed by atoms with Gasteiger partial charge in [0.15, 0.2) is 0 Å². The van der Waals surface area contributed by atoms with Gasteiger partial charge in [-0.1, -0.05) is 0 Å². The van der Waals surface area contributed by atoms with Crippen LogP contribution in [0.15, 0.2) is 23.0 Å². The zero-order valence-electron chi connectivity index (χ0n) is 10.4. The van der Waals surface area contributed by atoms with E-state index in [-0.39, 0.29) is 11.8 Å². The van der Waals surface area contributed by atoms with Gasteiger partial charge in [-0.15, -0.1) is 0 Å². The predicted octanol–water partition coefficient (Wildman–Crippen LogP) is 1.27. The van der Waals surface area contributed by atoms with E-state index in [2.05, 4.69) is 5.32 Å². The molecular formula is C12H18N2O3. The highest BCUT2D eigenvalue weighted by molar-refractivity contribution is 5.97. The van der Waals surface area contributed by atoms with Crippen LogP contribution in [0.25, 0.3) is 0 Å². The first-order valence-electron chi connectivity index (χ1n) is 5.72. The highest BCUT2D eigenvalue weighted by Crippen LogP contribution is 2.01. The first-order chi connectivity index (χ1) is 8.10. The fourth-order valence-corrected chi connectivity index (χ4v) is 1.54. The van der Waals surface area contributed by atoms with Crippen LogP contribution in [0.3, 0.4) is 0 Å². The van der Waals surface area contributed by atoms with Crippen LogP contribution in [0.5, 0.6) is 0 Å². The van der Waals surface area contributed by atoms with E-state index >= 15 is 0 Å². The Morgan fingerprint density at radius 2 is 2.06 bits per heavy atom. The third-order valence-electron chi connectivity index (χ3n) is 2.58. The molecule has 0 bridgehead atoms. The Labute approximate surface area is 101 Å². The van der Waals surface area contributed by atoms with Crippen molar-refractivity contribution in [2.75, 3.05) is 13.1 Å². The van der Waals surface area contributed by atoms with E-state index in [0.29, 0.717) is 18.7 Å². The van der Waals surface area contributed by atoms with Crippen molar-refractivity contribution in [1.82, 2.24) is 10.2 Å². The Hall–Kier alpha value is -1.78. The van der Waals surface area contributed by atoms with Crippen LogP contribution in [-0.4, -0.2) is 35.8 Å². The average molecular weight is 238 g/mol. The lowest BCUT2D eigenvalue weighted by atomic mass is 10.2. The number of furan rings is 1. The quantitative estimate of drug-likeness (QED) is 0.840. The fourth-order valence-electron chi connectivity index (χ4n) is 1.54. The van der Waals surface area contributed by atoms with Crippen molar-refractivity contribution in [3.63, 3.8) is 0 Å². The van der Waals surface area contributed by atoms with Crippen molar-refractivity contribution in [2.45, 2.75) is 26.8 Å². The lowest BCUT2D eigenvalue weighted by Gasteiger charge is -2.23. The number of hydrogen-bond donors (Lipinski definition) is 1. The molecule has 1 heterocycles. The lowest BCUT2D eigenvalue weighted by molar-refractivity contribution is -0.132. The summed E-state index contributed by atoms with van der Waals surface area (Å²) in [5, 5.41) is 2.64. The topological polar surface area (TPSA) is 62.6 Å². The van der Waals surface area contributed by atoms with Crippen LogP contribution in [0, 0.1) is 0 Å². The predicted molar refractivity (Wildman–Crippen MR) is 63.6 cm³/mol. The van der Waals surface area contributed by atoms with Crippen molar-refractivity contribution in [2.24, 2.45) is 0 Å². The maximum atomic E-state index is 11.9. The summed E-state index contributed by atoms with van der Waals surface area (Å²) in [6.07, 6.45) is 2.77. The van der Waals surface area contributed by atoms with E-state index in [4.69, 9.17) is 4.42 Å². The molecule has 17 heavy (non-hydrogen) atoms. The number of nitrogens with zero attached hydrogens (tertiary/aromatic N) is 1. The molecule has 0 aliphatic rings. The largest absolute Gasteiger partial charge is 0.472 e. The van der Waals surface area contributed by atoms with E-state index in [9.17, 15) is 9.59 Å². The van der Waals surface area contributed by atoms with Gasteiger partial charge in [-0.25, -0.2) is 0 Å². The van der Waals surface area contributed by atoms with Gasteiger partial charge >= 0.3 is 0 Å². The number of carbonyl (C=O) groups is 2. The summed E-state index contributed by atoms with van der Waals surface area (Å²) in [5.74, 6) is -0.376. The Kier molecular flexibility index (Phi) is 4.75. The highest BCUT2D eigenvalue weighted by Gasteiger charge is 2.20. The summed E-state index contributed by atoms with van der Waals surface area (Å²) < 4.78 is 4.81. The molecule has 1 rings (SSSR count). The second-order valence-electron chi connectivity index (χ2n) is 3.72. The van der Waals surface area contributed by atoms with Gasteiger partial charge < -0.3 is 14.6 Å². The summed E-state index contributed by atoms with van der Waals surface area (Å²) in [6.45, 7) is 6.78. The molecule has 0 radical (unpaired) electrons. The van der Waals surface area contributed by atoms with Crippen molar-refractivity contribution >= 4 is 11.8 Å². The van der Waals surface area contributed by atoms with Crippen molar-refractivity contribution in [3.8, 4) is 0 Å². The summed E-state index contributed by atoms with van der Waals surface area (Å²) in [6, 6.07) is 1.03. The smallest absolute Gasteiger partial charge is 0.255 e. The molecule has 2 amide bonds. The molecule has 0 fully saturated rings. The monoisotopic (exact) mass is 238 g/mol. The van der Waals surface area contributed by atoms with Gasteiger partial charge in [0, 0.05) is 13.1 Å². The SMILES string of the molecule is CCN(CC)C(=O)C(C)NC(=O)c1ccoc1. The van der Waals surface area contributed by atoms with Gasteiger partial charge in [0.25, 0.3) is 5.91 Å². The zero-order valence-corrected chi connectivity index (χ0v) is 10.4. The molecule has 1 aromatic rings. The molecule has 0 aromatic carbocycles. The molecule has 1 unspecified atom stereocenters. The van der Waals surface area contributed by atoms with Gasteiger partial charge in [0.05, 0.1) is 11.8 Å². The Bertz CT molecular complexity index is 369. The van der Waals surface area contributed by atoms with Crippen LogP contribution in [0.1, 0.15) is 31.1 Å². The second-order valence-corrected chi connectivity index (χ2v) is 3.72. The molecule has 1 atom stereocenters. The van der Waals surface area contributed by atoms with Gasteiger partial charge in [-0.3, -0.25) is 9.59 Å². The Morgan fingerprint density at radius 1 is 1.41 bits per heavy atom. The molecule has 5 heteroatoms. The molecular weight excluding hydrogens is 220 g/mol. The molecule has 1 N–H and O–H groups in total. The Balaban J connectivity index is 2.57. The maximum absolute atomic E-state index is 11.9. The molecule has 0 spiro atoms. The van der Waals surface area contributed by atoms with E-state index in [1.54, 1.807) is 17.9 Å². The van der Waals surface area contributed by atoms with Gasteiger partial charge in [0.2, 0.25) is 5.91 Å². The third-order valence-corrected chi connectivity index (χ3v) is 2.58. The van der Waals surface area contributed by atoms with Gasteiger partial charge in [-0.05, 0) is 26.8 Å². The molecule has 5 nitrogen and oxygen atoms in total. The maximum Gasteiger partial charge on any atom is 0.255 e. The Morgan fingerprint density at radius 3 is 2.53 bits per heavy atom. The molecule has 0 saturated carbocycles. The van der Waals surface area contributed by atoms with Crippen LogP contribution >= 0.6 is 0 Å². The average Bonchev–Trinajstić information content (AvgIpc) is 2.83. The van der Waals surface area contributed by atoms with Crippen molar-refractivity contribution in [1.29, 1.82) is 0 Å². The van der Waals surface area contributed by atoms with E-state index < -0.39 is 6.04 Å². The number of amides is 2. The highest BCUT2D eigenvalue weighted by atomic mass is 16.3. The zero-order chi connectivity index (χ0) is 12.8. The number of carbonyl (C=O) groups excluding carboxylic acids is 2. The molecule has 1 aromatic heterocycles. The standard InChI is InChI=1S/C12H18N2O3/c1-4-14(5-2)12(16)9(3)13-11(15)10-6-7-17-8-10/h6-9H,4-5H2,1-3H3,(H,13,15). The van der Waals surface area contributed by atoms with Crippen LogP contribution in [0.2, 0.25) is 0 Å². The molecule has 0 aliphatic heterocycles. The minimum Gasteiger partial charge on any atom is -0.472 e. The van der Waals surface area contributed by atoms with Crippen LogP contribution in [-0.2, 0) is 4.79 Å². The first-order valence-corrected chi connectivity index (χ1v) is 5.72. The molecule has 94 valence electrons. The minimum atomic E-state index is -0.530. The van der Waals surface area contributed by atoms with Crippen LogP contribution < -0.4 is 5.32 Å². The summed E-state index contributed by atoms with van der Waals surface area (Å²) in [4.78, 5) is 25.3. The van der Waals surface area contributed by atoms with Crippen molar-refractivity contribution < 1.29 is 14.0 Å².